The number of ether oxygens (including phenoxy) is 1. The Balaban J connectivity index is 0.00000361. The molecule has 0 spiro atoms. The highest BCUT2D eigenvalue weighted by Crippen LogP contribution is 2.28. The molecular weight excluding hydrogens is 302 g/mol. The number of benzene rings is 1. The van der Waals surface area contributed by atoms with Crippen molar-refractivity contribution < 1.29 is 27.4 Å². The van der Waals surface area contributed by atoms with Crippen LogP contribution in [0.4, 0.5) is 17.6 Å². The van der Waals surface area contributed by atoms with E-state index in [1.54, 1.807) is 6.92 Å². The van der Waals surface area contributed by atoms with Gasteiger partial charge in [-0.05, 0) is 24.6 Å². The number of hydrogen-bond donors (Lipinski definition) is 2. The number of aliphatic hydroxyl groups is 1. The fourth-order valence-electron chi connectivity index (χ4n) is 1.66. The van der Waals surface area contributed by atoms with Gasteiger partial charge in [0.2, 0.25) is 0 Å². The maximum Gasteiger partial charge on any atom is 0.573 e. The molecule has 3 nitrogen and oxygen atoms in total. The Morgan fingerprint density at radius 1 is 1.35 bits per heavy atom. The standard InChI is InChI=1S/C12H15F4NO2.ClH/c1-2-3-10(18)11(17)8-6-7(4-5-9(8)13)19-12(14,15)16;/h4-6,10-11,18H,2-3,17H2,1H3;1H/t10-,11+;/m0./s1. The first-order chi connectivity index (χ1) is 8.74. The molecule has 20 heavy (non-hydrogen) atoms. The van der Waals surface area contributed by atoms with Crippen LogP contribution in [0.25, 0.3) is 0 Å². The van der Waals surface area contributed by atoms with E-state index in [4.69, 9.17) is 5.73 Å². The number of nitrogens with two attached hydrogens (primary N) is 1. The minimum atomic E-state index is -4.86. The predicted molar refractivity (Wildman–Crippen MR) is 68.2 cm³/mol. The molecule has 0 saturated carbocycles. The molecule has 2 atom stereocenters. The van der Waals surface area contributed by atoms with Crippen molar-refractivity contribution in [2.24, 2.45) is 5.73 Å². The van der Waals surface area contributed by atoms with Gasteiger partial charge in [0.1, 0.15) is 11.6 Å². The first-order valence-electron chi connectivity index (χ1n) is 5.73. The zero-order chi connectivity index (χ0) is 14.6. The number of hydrogen-bond acceptors (Lipinski definition) is 3. The second-order valence-corrected chi connectivity index (χ2v) is 4.11. The van der Waals surface area contributed by atoms with Gasteiger partial charge in [-0.15, -0.1) is 25.6 Å². The summed E-state index contributed by atoms with van der Waals surface area (Å²) in [5.74, 6) is -1.35. The molecule has 0 radical (unpaired) electrons. The molecule has 1 aromatic rings. The lowest BCUT2D eigenvalue weighted by atomic mass is 9.98. The summed E-state index contributed by atoms with van der Waals surface area (Å²) in [6, 6.07) is 1.43. The highest BCUT2D eigenvalue weighted by molar-refractivity contribution is 5.85. The average Bonchev–Trinajstić information content (AvgIpc) is 2.29. The van der Waals surface area contributed by atoms with Crippen molar-refractivity contribution in [3.63, 3.8) is 0 Å². The Hall–Kier alpha value is -1.05. The van der Waals surface area contributed by atoms with Gasteiger partial charge in [0.25, 0.3) is 0 Å². The normalized spacial score (nSPS) is 14.3. The zero-order valence-electron chi connectivity index (χ0n) is 10.7. The van der Waals surface area contributed by atoms with Gasteiger partial charge < -0.3 is 15.6 Å². The number of halogens is 5. The van der Waals surface area contributed by atoms with E-state index in [0.717, 1.165) is 18.2 Å². The summed E-state index contributed by atoms with van der Waals surface area (Å²) in [4.78, 5) is 0. The maximum absolute atomic E-state index is 13.5. The van der Waals surface area contributed by atoms with Crippen LogP contribution in [0.3, 0.4) is 0 Å². The molecule has 0 aliphatic heterocycles. The fourth-order valence-corrected chi connectivity index (χ4v) is 1.66. The summed E-state index contributed by atoms with van der Waals surface area (Å²) in [6.07, 6.45) is -4.94. The summed E-state index contributed by atoms with van der Waals surface area (Å²) < 4.78 is 53.4. The summed E-state index contributed by atoms with van der Waals surface area (Å²) in [5.41, 5.74) is 5.43. The largest absolute Gasteiger partial charge is 0.573 e. The molecule has 0 bridgehead atoms. The molecule has 0 fully saturated rings. The van der Waals surface area contributed by atoms with Gasteiger partial charge in [-0.25, -0.2) is 4.39 Å². The fraction of sp³-hybridized carbons (Fsp3) is 0.500. The molecule has 0 saturated heterocycles. The van der Waals surface area contributed by atoms with Crippen molar-refractivity contribution in [2.45, 2.75) is 38.3 Å². The van der Waals surface area contributed by atoms with Crippen molar-refractivity contribution in [2.75, 3.05) is 0 Å². The second kappa shape index (κ2) is 7.66. The van der Waals surface area contributed by atoms with Crippen molar-refractivity contribution in [3.8, 4) is 5.75 Å². The molecule has 1 rings (SSSR count). The summed E-state index contributed by atoms with van der Waals surface area (Å²) in [5, 5.41) is 9.66. The lowest BCUT2D eigenvalue weighted by molar-refractivity contribution is -0.274. The third-order valence-corrected chi connectivity index (χ3v) is 2.56. The van der Waals surface area contributed by atoms with Crippen molar-refractivity contribution in [3.05, 3.63) is 29.6 Å². The van der Waals surface area contributed by atoms with Crippen LogP contribution in [-0.2, 0) is 0 Å². The minimum absolute atomic E-state index is 0. The molecule has 0 amide bonds. The Labute approximate surface area is 120 Å². The lowest BCUT2D eigenvalue weighted by Crippen LogP contribution is -2.27. The number of alkyl halides is 3. The molecule has 0 heterocycles. The highest BCUT2D eigenvalue weighted by atomic mass is 35.5. The van der Waals surface area contributed by atoms with Crippen LogP contribution in [0.1, 0.15) is 31.4 Å². The first-order valence-corrected chi connectivity index (χ1v) is 5.73. The third kappa shape index (κ3) is 5.52. The predicted octanol–water partition coefficient (Wildman–Crippen LogP) is 3.31. The Morgan fingerprint density at radius 3 is 2.45 bits per heavy atom. The van der Waals surface area contributed by atoms with Gasteiger partial charge in [0.05, 0.1) is 12.1 Å². The van der Waals surface area contributed by atoms with Gasteiger partial charge in [0, 0.05) is 5.56 Å². The Kier molecular flexibility index (Phi) is 7.26. The summed E-state index contributed by atoms with van der Waals surface area (Å²) >= 11 is 0. The van der Waals surface area contributed by atoms with E-state index in [-0.39, 0.29) is 18.0 Å². The Morgan fingerprint density at radius 2 is 1.95 bits per heavy atom. The van der Waals surface area contributed by atoms with Crippen molar-refractivity contribution in [1.29, 1.82) is 0 Å². The Bertz CT molecular complexity index is 428. The number of aliphatic hydroxyl groups excluding tert-OH is 1. The van der Waals surface area contributed by atoms with Crippen LogP contribution in [0.2, 0.25) is 0 Å². The van der Waals surface area contributed by atoms with E-state index in [9.17, 15) is 22.7 Å². The third-order valence-electron chi connectivity index (χ3n) is 2.56. The lowest BCUT2D eigenvalue weighted by Gasteiger charge is -2.20. The molecular formula is C12H16ClF4NO2. The zero-order valence-corrected chi connectivity index (χ0v) is 11.5. The van der Waals surface area contributed by atoms with Crippen LogP contribution in [0.5, 0.6) is 5.75 Å². The average molecular weight is 318 g/mol. The molecule has 0 aliphatic carbocycles. The topological polar surface area (TPSA) is 55.5 Å². The first kappa shape index (κ1) is 18.9. The van der Waals surface area contributed by atoms with Crippen molar-refractivity contribution in [1.82, 2.24) is 0 Å². The van der Waals surface area contributed by atoms with Gasteiger partial charge in [-0.2, -0.15) is 0 Å². The van der Waals surface area contributed by atoms with Crippen LogP contribution < -0.4 is 10.5 Å². The second-order valence-electron chi connectivity index (χ2n) is 4.11. The van der Waals surface area contributed by atoms with E-state index in [2.05, 4.69) is 4.74 Å². The van der Waals surface area contributed by atoms with Crippen molar-refractivity contribution >= 4 is 12.4 Å². The van der Waals surface area contributed by atoms with E-state index in [1.165, 1.54) is 0 Å². The molecule has 1 aromatic carbocycles. The van der Waals surface area contributed by atoms with Crippen LogP contribution in [0, 0.1) is 5.82 Å². The minimum Gasteiger partial charge on any atom is -0.406 e. The molecule has 0 aromatic heterocycles. The quantitative estimate of drug-likeness (QED) is 0.819. The van der Waals surface area contributed by atoms with E-state index in [1.807, 2.05) is 0 Å². The van der Waals surface area contributed by atoms with Gasteiger partial charge in [-0.1, -0.05) is 13.3 Å². The molecule has 0 unspecified atom stereocenters. The van der Waals surface area contributed by atoms with E-state index >= 15 is 0 Å². The maximum atomic E-state index is 13.5. The highest BCUT2D eigenvalue weighted by Gasteiger charge is 2.31. The smallest absolute Gasteiger partial charge is 0.406 e. The summed E-state index contributed by atoms with van der Waals surface area (Å²) in [7, 11) is 0. The van der Waals surface area contributed by atoms with E-state index in [0.29, 0.717) is 12.8 Å². The number of rotatable bonds is 5. The molecule has 0 aliphatic rings. The van der Waals surface area contributed by atoms with Gasteiger partial charge >= 0.3 is 6.36 Å². The molecule has 8 heteroatoms. The van der Waals surface area contributed by atoms with Crippen LogP contribution in [-0.4, -0.2) is 17.6 Å². The van der Waals surface area contributed by atoms with Crippen LogP contribution in [0.15, 0.2) is 18.2 Å². The van der Waals surface area contributed by atoms with E-state index < -0.39 is 30.1 Å². The van der Waals surface area contributed by atoms with Gasteiger partial charge in [0.15, 0.2) is 0 Å². The van der Waals surface area contributed by atoms with Gasteiger partial charge in [-0.3, -0.25) is 0 Å². The molecule has 3 N–H and O–H groups in total. The molecule has 116 valence electrons. The summed E-state index contributed by atoms with van der Waals surface area (Å²) in [6.45, 7) is 1.80. The monoisotopic (exact) mass is 317 g/mol. The van der Waals surface area contributed by atoms with Crippen LogP contribution >= 0.6 is 12.4 Å². The SMILES string of the molecule is CCC[C@H](O)[C@H](N)c1cc(OC(F)(F)F)ccc1F.Cl.